The van der Waals surface area contributed by atoms with E-state index in [1.54, 1.807) is 12.1 Å². The standard InChI is InChI=1S/C23H32O5/c1-14(2)23(26)11-10-22(4)9-8-15(3)12-19(20(22)23)28-21(25)16-6-7-18(27-5)17(24)13-16/h6-8,13-14,19-20,24,26H,9-12H2,1-5H3/t19-,20+,22+,23-/m1/s1. The molecule has 0 aromatic heterocycles. The van der Waals surface area contributed by atoms with Crippen LogP contribution in [0.1, 0.15) is 63.7 Å². The molecule has 1 saturated carbocycles. The van der Waals surface area contributed by atoms with Crippen LogP contribution < -0.4 is 4.74 Å². The fourth-order valence-corrected chi connectivity index (χ4v) is 5.11. The second-order valence-corrected chi connectivity index (χ2v) is 9.07. The van der Waals surface area contributed by atoms with E-state index in [0.29, 0.717) is 12.2 Å². The predicted octanol–water partition coefficient (Wildman–Crippen LogP) is 4.47. The summed E-state index contributed by atoms with van der Waals surface area (Å²) in [6, 6.07) is 4.50. The number of rotatable bonds is 4. The highest BCUT2D eigenvalue weighted by Gasteiger charge is 2.59. The number of benzene rings is 1. The minimum Gasteiger partial charge on any atom is -0.504 e. The van der Waals surface area contributed by atoms with E-state index in [1.807, 2.05) is 13.8 Å². The summed E-state index contributed by atoms with van der Waals surface area (Å²) in [5.74, 6) is -0.341. The summed E-state index contributed by atoms with van der Waals surface area (Å²) in [5, 5.41) is 21.5. The van der Waals surface area contributed by atoms with Crippen LogP contribution in [0.4, 0.5) is 0 Å². The highest BCUT2D eigenvalue weighted by molar-refractivity contribution is 5.90. The lowest BCUT2D eigenvalue weighted by Gasteiger charge is -2.43. The first-order valence-corrected chi connectivity index (χ1v) is 10.1. The van der Waals surface area contributed by atoms with Crippen LogP contribution in [0.5, 0.6) is 11.5 Å². The Morgan fingerprint density at radius 3 is 2.61 bits per heavy atom. The minimum atomic E-state index is -0.861. The number of esters is 1. The first kappa shape index (κ1) is 20.7. The highest BCUT2D eigenvalue weighted by atomic mass is 16.5. The Morgan fingerprint density at radius 2 is 2.00 bits per heavy atom. The quantitative estimate of drug-likeness (QED) is 0.588. The van der Waals surface area contributed by atoms with Crippen LogP contribution in [0.3, 0.4) is 0 Å². The van der Waals surface area contributed by atoms with Gasteiger partial charge >= 0.3 is 5.97 Å². The van der Waals surface area contributed by atoms with E-state index in [2.05, 4.69) is 19.9 Å². The molecule has 0 saturated heterocycles. The van der Waals surface area contributed by atoms with Crippen LogP contribution in [-0.4, -0.2) is 35.0 Å². The van der Waals surface area contributed by atoms with Gasteiger partial charge in [0.15, 0.2) is 11.5 Å². The summed E-state index contributed by atoms with van der Waals surface area (Å²) in [4.78, 5) is 12.9. The molecule has 2 N–H and O–H groups in total. The smallest absolute Gasteiger partial charge is 0.338 e. The molecule has 0 radical (unpaired) electrons. The van der Waals surface area contributed by atoms with Crippen molar-refractivity contribution in [2.24, 2.45) is 17.3 Å². The molecule has 28 heavy (non-hydrogen) atoms. The number of allylic oxidation sites excluding steroid dienone is 1. The molecule has 1 aromatic rings. The topological polar surface area (TPSA) is 76.0 Å². The largest absolute Gasteiger partial charge is 0.504 e. The molecule has 0 bridgehead atoms. The maximum absolute atomic E-state index is 12.9. The summed E-state index contributed by atoms with van der Waals surface area (Å²) < 4.78 is 11.0. The van der Waals surface area contributed by atoms with Crippen molar-refractivity contribution in [3.63, 3.8) is 0 Å². The zero-order valence-corrected chi connectivity index (χ0v) is 17.5. The van der Waals surface area contributed by atoms with Gasteiger partial charge in [-0.05, 0) is 55.7 Å². The van der Waals surface area contributed by atoms with Crippen molar-refractivity contribution in [1.82, 2.24) is 0 Å². The Morgan fingerprint density at radius 1 is 1.29 bits per heavy atom. The average Bonchev–Trinajstić information content (AvgIpc) is 2.84. The molecule has 154 valence electrons. The van der Waals surface area contributed by atoms with Crippen molar-refractivity contribution in [2.45, 2.75) is 65.1 Å². The van der Waals surface area contributed by atoms with E-state index in [4.69, 9.17) is 9.47 Å². The van der Waals surface area contributed by atoms with Gasteiger partial charge in [-0.1, -0.05) is 32.4 Å². The normalized spacial score (nSPS) is 32.5. The number of carbonyl (C=O) groups is 1. The molecule has 0 heterocycles. The maximum Gasteiger partial charge on any atom is 0.338 e. The van der Waals surface area contributed by atoms with Crippen molar-refractivity contribution < 1.29 is 24.5 Å². The zero-order valence-electron chi connectivity index (χ0n) is 17.5. The molecule has 5 heteroatoms. The van der Waals surface area contributed by atoms with E-state index in [1.165, 1.54) is 18.7 Å². The Kier molecular flexibility index (Phi) is 5.50. The second kappa shape index (κ2) is 7.43. The summed E-state index contributed by atoms with van der Waals surface area (Å²) in [6.07, 6.45) is 4.95. The number of ether oxygens (including phenoxy) is 2. The van der Waals surface area contributed by atoms with Crippen molar-refractivity contribution in [2.75, 3.05) is 7.11 Å². The van der Waals surface area contributed by atoms with E-state index in [0.717, 1.165) is 19.3 Å². The lowest BCUT2D eigenvalue weighted by atomic mass is 9.67. The van der Waals surface area contributed by atoms with E-state index < -0.39 is 17.7 Å². The molecule has 2 aliphatic carbocycles. The third-order valence-electron chi connectivity index (χ3n) is 6.87. The van der Waals surface area contributed by atoms with Gasteiger partial charge < -0.3 is 19.7 Å². The molecule has 0 unspecified atom stereocenters. The Balaban J connectivity index is 1.92. The van der Waals surface area contributed by atoms with Crippen LogP contribution in [0, 0.1) is 17.3 Å². The number of aromatic hydroxyl groups is 1. The molecular weight excluding hydrogens is 356 g/mol. The van der Waals surface area contributed by atoms with Crippen molar-refractivity contribution in [3.05, 3.63) is 35.4 Å². The fourth-order valence-electron chi connectivity index (χ4n) is 5.11. The Labute approximate surface area is 167 Å². The van der Waals surface area contributed by atoms with E-state index in [-0.39, 0.29) is 28.6 Å². The number of methoxy groups -OCH3 is 1. The SMILES string of the molecule is COc1ccc(C(=O)O[C@@H]2CC(C)=CC[C@@]3(C)CC[C@@](O)(C(C)C)[C@@H]23)cc1O. The molecule has 0 spiro atoms. The van der Waals surface area contributed by atoms with Gasteiger partial charge in [-0.2, -0.15) is 0 Å². The minimum absolute atomic E-state index is 0.0731. The van der Waals surface area contributed by atoms with Crippen LogP contribution in [-0.2, 0) is 4.74 Å². The predicted molar refractivity (Wildman–Crippen MR) is 107 cm³/mol. The number of hydrogen-bond donors (Lipinski definition) is 2. The molecule has 4 atom stereocenters. The van der Waals surface area contributed by atoms with Gasteiger partial charge in [-0.3, -0.25) is 0 Å². The number of hydrogen-bond acceptors (Lipinski definition) is 5. The van der Waals surface area contributed by atoms with E-state index in [9.17, 15) is 15.0 Å². The first-order chi connectivity index (χ1) is 13.1. The number of aliphatic hydroxyl groups is 1. The van der Waals surface area contributed by atoms with Gasteiger partial charge in [-0.15, -0.1) is 0 Å². The molecular formula is C23H32O5. The zero-order chi connectivity index (χ0) is 20.7. The molecule has 0 amide bonds. The maximum atomic E-state index is 12.9. The van der Waals surface area contributed by atoms with Gasteiger partial charge in [0.05, 0.1) is 18.3 Å². The van der Waals surface area contributed by atoms with Crippen LogP contribution in [0.25, 0.3) is 0 Å². The lowest BCUT2D eigenvalue weighted by Crippen LogP contribution is -2.50. The van der Waals surface area contributed by atoms with Gasteiger partial charge in [0.2, 0.25) is 0 Å². The summed E-state index contributed by atoms with van der Waals surface area (Å²) in [6.45, 7) is 8.33. The van der Waals surface area contributed by atoms with Crippen molar-refractivity contribution in [3.8, 4) is 11.5 Å². The molecule has 2 aliphatic rings. The van der Waals surface area contributed by atoms with Gasteiger partial charge in [0, 0.05) is 12.3 Å². The van der Waals surface area contributed by atoms with E-state index >= 15 is 0 Å². The molecule has 3 rings (SSSR count). The second-order valence-electron chi connectivity index (χ2n) is 9.07. The summed E-state index contributed by atoms with van der Waals surface area (Å²) in [7, 11) is 1.46. The Bertz CT molecular complexity index is 783. The molecule has 1 fully saturated rings. The summed E-state index contributed by atoms with van der Waals surface area (Å²) in [5.41, 5.74) is 0.485. The number of fused-ring (bicyclic) bond motifs is 1. The Hall–Kier alpha value is -2.01. The van der Waals surface area contributed by atoms with Crippen LogP contribution in [0.15, 0.2) is 29.8 Å². The third kappa shape index (κ3) is 3.52. The van der Waals surface area contributed by atoms with Crippen molar-refractivity contribution in [1.29, 1.82) is 0 Å². The molecule has 1 aromatic carbocycles. The summed E-state index contributed by atoms with van der Waals surface area (Å²) >= 11 is 0. The van der Waals surface area contributed by atoms with Gasteiger partial charge in [0.1, 0.15) is 6.10 Å². The first-order valence-electron chi connectivity index (χ1n) is 10.1. The van der Waals surface area contributed by atoms with Crippen LogP contribution in [0.2, 0.25) is 0 Å². The number of phenols is 1. The molecule has 5 nitrogen and oxygen atoms in total. The van der Waals surface area contributed by atoms with Crippen molar-refractivity contribution >= 4 is 5.97 Å². The van der Waals surface area contributed by atoms with Gasteiger partial charge in [0.25, 0.3) is 0 Å². The van der Waals surface area contributed by atoms with Gasteiger partial charge in [-0.25, -0.2) is 4.79 Å². The average molecular weight is 389 g/mol. The third-order valence-corrected chi connectivity index (χ3v) is 6.87. The van der Waals surface area contributed by atoms with Crippen LogP contribution >= 0.6 is 0 Å². The fraction of sp³-hybridized carbons (Fsp3) is 0.609. The highest BCUT2D eigenvalue weighted by Crippen LogP contribution is 2.58. The number of carbonyl (C=O) groups excluding carboxylic acids is 1. The number of phenolic OH excluding ortho intramolecular Hbond substituents is 1. The monoisotopic (exact) mass is 388 g/mol. The lowest BCUT2D eigenvalue weighted by molar-refractivity contribution is -0.112. The molecule has 0 aliphatic heterocycles.